The van der Waals surface area contributed by atoms with Crippen molar-refractivity contribution in [3.05, 3.63) is 0 Å². The number of amides is 2. The summed E-state index contributed by atoms with van der Waals surface area (Å²) < 4.78 is 0. The van der Waals surface area contributed by atoms with Crippen molar-refractivity contribution in [3.8, 4) is 0 Å². The van der Waals surface area contributed by atoms with Gasteiger partial charge in [-0.15, -0.1) is 0 Å². The molecule has 2 atom stereocenters. The van der Waals surface area contributed by atoms with Gasteiger partial charge in [-0.25, -0.2) is 9.59 Å². The second-order valence-electron chi connectivity index (χ2n) is 5.42. The second kappa shape index (κ2) is 4.31. The summed E-state index contributed by atoms with van der Waals surface area (Å²) in [5, 5.41) is 14.1. The molecule has 5 nitrogen and oxygen atoms in total. The predicted molar refractivity (Wildman–Crippen MR) is 60.1 cm³/mol. The lowest BCUT2D eigenvalue weighted by molar-refractivity contribution is -0.140. The van der Waals surface area contributed by atoms with Crippen molar-refractivity contribution in [1.29, 1.82) is 0 Å². The lowest BCUT2D eigenvalue weighted by Crippen LogP contribution is -2.49. The Kier molecular flexibility index (Phi) is 3.45. The summed E-state index contributed by atoms with van der Waals surface area (Å²) in [5.74, 6) is -1.13. The first-order valence-electron chi connectivity index (χ1n) is 5.54. The number of carboxylic acid groups (broad SMARTS) is 1. The molecule has 92 valence electrons. The van der Waals surface area contributed by atoms with E-state index in [0.29, 0.717) is 0 Å². The highest BCUT2D eigenvalue weighted by Gasteiger charge is 2.46. The standard InChI is InChI=1S/C11H20N2O3/c1-6(2)8(9(14)15)13-10(16)12-7-5-11(7,3)4/h6-8H,5H2,1-4H3,(H,14,15)(H2,12,13,16)/t7?,8-/m1/s1. The number of hydrogen-bond donors (Lipinski definition) is 3. The fourth-order valence-corrected chi connectivity index (χ4v) is 1.57. The first kappa shape index (κ1) is 12.8. The Bertz CT molecular complexity index is 300. The molecule has 0 aromatic carbocycles. The molecule has 0 saturated heterocycles. The lowest BCUT2D eigenvalue weighted by Gasteiger charge is -2.18. The van der Waals surface area contributed by atoms with Crippen LogP contribution in [0.3, 0.4) is 0 Å². The number of hydrogen-bond acceptors (Lipinski definition) is 2. The molecular formula is C11H20N2O3. The van der Waals surface area contributed by atoms with Gasteiger partial charge in [-0.05, 0) is 17.8 Å². The summed E-state index contributed by atoms with van der Waals surface area (Å²) in [6, 6.07) is -1.06. The van der Waals surface area contributed by atoms with Gasteiger partial charge in [-0.3, -0.25) is 0 Å². The molecule has 0 spiro atoms. The maximum Gasteiger partial charge on any atom is 0.326 e. The monoisotopic (exact) mass is 228 g/mol. The van der Waals surface area contributed by atoms with Crippen molar-refractivity contribution in [2.75, 3.05) is 0 Å². The second-order valence-corrected chi connectivity index (χ2v) is 5.42. The van der Waals surface area contributed by atoms with Gasteiger partial charge >= 0.3 is 12.0 Å². The highest BCUT2D eigenvalue weighted by Crippen LogP contribution is 2.44. The summed E-state index contributed by atoms with van der Waals surface area (Å²) in [6.07, 6.45) is 0.944. The molecule has 16 heavy (non-hydrogen) atoms. The van der Waals surface area contributed by atoms with E-state index in [1.54, 1.807) is 13.8 Å². The summed E-state index contributed by atoms with van der Waals surface area (Å²) in [7, 11) is 0. The van der Waals surface area contributed by atoms with Crippen LogP contribution in [0.2, 0.25) is 0 Å². The van der Waals surface area contributed by atoms with Crippen molar-refractivity contribution >= 4 is 12.0 Å². The number of carbonyl (C=O) groups is 2. The molecule has 0 aromatic rings. The minimum atomic E-state index is -1.000. The largest absolute Gasteiger partial charge is 0.480 e. The van der Waals surface area contributed by atoms with E-state index in [1.165, 1.54) is 0 Å². The van der Waals surface area contributed by atoms with Crippen LogP contribution in [-0.2, 0) is 4.79 Å². The predicted octanol–water partition coefficient (Wildman–Crippen LogP) is 1.19. The Morgan fingerprint density at radius 3 is 2.19 bits per heavy atom. The van der Waals surface area contributed by atoms with Crippen molar-refractivity contribution in [3.63, 3.8) is 0 Å². The first-order valence-corrected chi connectivity index (χ1v) is 5.54. The third-order valence-corrected chi connectivity index (χ3v) is 3.04. The van der Waals surface area contributed by atoms with E-state index in [9.17, 15) is 9.59 Å². The zero-order chi connectivity index (χ0) is 12.5. The van der Waals surface area contributed by atoms with Crippen LogP contribution in [0.15, 0.2) is 0 Å². The third-order valence-electron chi connectivity index (χ3n) is 3.04. The minimum absolute atomic E-state index is 0.129. The molecule has 2 amide bonds. The van der Waals surface area contributed by atoms with E-state index >= 15 is 0 Å². The van der Waals surface area contributed by atoms with Crippen molar-refractivity contribution in [2.45, 2.75) is 46.2 Å². The number of carboxylic acids is 1. The Hall–Kier alpha value is -1.26. The molecular weight excluding hydrogens is 208 g/mol. The minimum Gasteiger partial charge on any atom is -0.480 e. The number of rotatable bonds is 4. The van der Waals surface area contributed by atoms with E-state index < -0.39 is 18.0 Å². The van der Waals surface area contributed by atoms with E-state index in [-0.39, 0.29) is 17.4 Å². The summed E-state index contributed by atoms with van der Waals surface area (Å²) in [5.41, 5.74) is 0.147. The summed E-state index contributed by atoms with van der Waals surface area (Å²) in [4.78, 5) is 22.4. The smallest absolute Gasteiger partial charge is 0.326 e. The van der Waals surface area contributed by atoms with Crippen LogP contribution >= 0.6 is 0 Å². The quantitative estimate of drug-likeness (QED) is 0.676. The SMILES string of the molecule is CC(C)[C@@H](NC(=O)NC1CC1(C)C)C(=O)O. The lowest BCUT2D eigenvalue weighted by atomic mass is 10.1. The molecule has 0 heterocycles. The van der Waals surface area contributed by atoms with Gasteiger partial charge in [0.1, 0.15) is 6.04 Å². The van der Waals surface area contributed by atoms with Crippen molar-refractivity contribution < 1.29 is 14.7 Å². The van der Waals surface area contributed by atoms with Crippen molar-refractivity contribution in [1.82, 2.24) is 10.6 Å². The zero-order valence-electron chi connectivity index (χ0n) is 10.2. The Morgan fingerprint density at radius 1 is 1.38 bits per heavy atom. The van der Waals surface area contributed by atoms with E-state index in [4.69, 9.17) is 5.11 Å². The normalized spacial score (nSPS) is 23.7. The van der Waals surface area contributed by atoms with E-state index in [1.807, 2.05) is 0 Å². The van der Waals surface area contributed by atoms with Crippen LogP contribution in [-0.4, -0.2) is 29.2 Å². The van der Waals surface area contributed by atoms with Crippen LogP contribution < -0.4 is 10.6 Å². The maximum atomic E-state index is 11.5. The Balaban J connectivity index is 2.41. The van der Waals surface area contributed by atoms with Gasteiger partial charge in [0, 0.05) is 6.04 Å². The molecule has 3 N–H and O–H groups in total. The summed E-state index contributed by atoms with van der Waals surface area (Å²) >= 11 is 0. The van der Waals surface area contributed by atoms with Gasteiger partial charge in [0.25, 0.3) is 0 Å². The van der Waals surface area contributed by atoms with E-state index in [2.05, 4.69) is 24.5 Å². The van der Waals surface area contributed by atoms with Crippen LogP contribution in [0.25, 0.3) is 0 Å². The van der Waals surface area contributed by atoms with Gasteiger partial charge in [0.2, 0.25) is 0 Å². The average molecular weight is 228 g/mol. The molecule has 1 aliphatic rings. The molecule has 0 bridgehead atoms. The molecule has 0 radical (unpaired) electrons. The highest BCUT2D eigenvalue weighted by atomic mass is 16.4. The number of nitrogens with one attached hydrogen (secondary N) is 2. The maximum absolute atomic E-state index is 11.5. The molecule has 0 aromatic heterocycles. The molecule has 1 fully saturated rings. The van der Waals surface area contributed by atoms with Gasteiger partial charge in [-0.2, -0.15) is 0 Å². The molecule has 5 heteroatoms. The van der Waals surface area contributed by atoms with Gasteiger partial charge in [0.05, 0.1) is 0 Å². The van der Waals surface area contributed by atoms with Crippen LogP contribution in [0.5, 0.6) is 0 Å². The van der Waals surface area contributed by atoms with Gasteiger partial charge < -0.3 is 15.7 Å². The summed E-state index contributed by atoms with van der Waals surface area (Å²) in [6.45, 7) is 7.66. The number of carbonyl (C=O) groups excluding carboxylic acids is 1. The Labute approximate surface area is 95.6 Å². The topological polar surface area (TPSA) is 78.4 Å². The van der Waals surface area contributed by atoms with E-state index in [0.717, 1.165) is 6.42 Å². The van der Waals surface area contributed by atoms with Crippen LogP contribution in [0.4, 0.5) is 4.79 Å². The number of urea groups is 1. The van der Waals surface area contributed by atoms with Crippen LogP contribution in [0.1, 0.15) is 34.1 Å². The first-order chi connectivity index (χ1) is 7.24. The fourth-order valence-electron chi connectivity index (χ4n) is 1.57. The molecule has 1 saturated carbocycles. The molecule has 1 rings (SSSR count). The molecule has 1 unspecified atom stereocenters. The van der Waals surface area contributed by atoms with Gasteiger partial charge in [-0.1, -0.05) is 27.7 Å². The van der Waals surface area contributed by atoms with Gasteiger partial charge in [0.15, 0.2) is 0 Å². The third kappa shape index (κ3) is 3.12. The average Bonchev–Trinajstić information content (AvgIpc) is 2.68. The number of aliphatic carboxylic acids is 1. The van der Waals surface area contributed by atoms with Crippen LogP contribution in [0, 0.1) is 11.3 Å². The zero-order valence-corrected chi connectivity index (χ0v) is 10.2. The fraction of sp³-hybridized carbons (Fsp3) is 0.818. The molecule has 0 aliphatic heterocycles. The van der Waals surface area contributed by atoms with Crippen molar-refractivity contribution in [2.24, 2.45) is 11.3 Å². The Morgan fingerprint density at radius 2 is 1.88 bits per heavy atom. The highest BCUT2D eigenvalue weighted by molar-refractivity contribution is 5.83. The molecule has 1 aliphatic carbocycles.